The van der Waals surface area contributed by atoms with E-state index in [0.717, 1.165) is 0 Å². The number of nitrogens with two attached hydrogens (primary N) is 1. The van der Waals surface area contributed by atoms with Crippen molar-refractivity contribution in [3.05, 3.63) is 0 Å². The zero-order valence-electron chi connectivity index (χ0n) is 21.4. The van der Waals surface area contributed by atoms with E-state index in [9.17, 15) is 0 Å². The van der Waals surface area contributed by atoms with Gasteiger partial charge in [0.1, 0.15) is 0 Å². The molecule has 1 nitrogen and oxygen atoms in total. The molecule has 0 unspecified atom stereocenters. The normalized spacial score (nSPS) is 12.6. The molecule has 29 heavy (non-hydrogen) atoms. The minimum absolute atomic E-state index is 0.0572. The van der Waals surface area contributed by atoms with E-state index in [1.807, 2.05) is 0 Å². The average molecular weight is 410 g/mol. The minimum Gasteiger partial charge on any atom is -0.325 e. The molecule has 0 bridgehead atoms. The van der Waals surface area contributed by atoms with Crippen LogP contribution in [0.3, 0.4) is 0 Å². The summed E-state index contributed by atoms with van der Waals surface area (Å²) in [6, 6.07) is 0. The van der Waals surface area contributed by atoms with E-state index in [0.29, 0.717) is 5.41 Å². The lowest BCUT2D eigenvalue weighted by molar-refractivity contribution is 0.0591. The predicted molar refractivity (Wildman–Crippen MR) is 135 cm³/mol. The van der Waals surface area contributed by atoms with Crippen LogP contribution in [-0.2, 0) is 0 Å². The van der Waals surface area contributed by atoms with Crippen LogP contribution in [0.2, 0.25) is 0 Å². The van der Waals surface area contributed by atoms with Gasteiger partial charge in [0.2, 0.25) is 0 Å². The molecule has 0 aliphatic carbocycles. The highest BCUT2D eigenvalue weighted by molar-refractivity contribution is 5.01. The van der Waals surface area contributed by atoms with Crippen molar-refractivity contribution < 1.29 is 0 Å². The summed E-state index contributed by atoms with van der Waals surface area (Å²) < 4.78 is 0. The zero-order valence-corrected chi connectivity index (χ0v) is 21.4. The number of hydrogen-bond acceptors (Lipinski definition) is 1. The molecule has 0 fully saturated rings. The summed E-state index contributed by atoms with van der Waals surface area (Å²) in [5.74, 6) is 0. The van der Waals surface area contributed by atoms with Crippen LogP contribution in [0.4, 0.5) is 0 Å². The minimum atomic E-state index is 0.0572. The highest BCUT2D eigenvalue weighted by Crippen LogP contribution is 2.48. The number of rotatable bonds is 22. The summed E-state index contributed by atoms with van der Waals surface area (Å²) in [5, 5.41) is 0. The van der Waals surface area contributed by atoms with Crippen LogP contribution < -0.4 is 5.73 Å². The molecule has 0 radical (unpaired) electrons. The van der Waals surface area contributed by atoms with E-state index >= 15 is 0 Å². The second-order valence-corrected chi connectivity index (χ2v) is 10.0. The van der Waals surface area contributed by atoms with Gasteiger partial charge in [0.25, 0.3) is 0 Å². The molecule has 2 N–H and O–H groups in total. The van der Waals surface area contributed by atoms with E-state index in [4.69, 9.17) is 5.73 Å². The first-order chi connectivity index (χ1) is 14.1. The molecule has 0 aromatic heterocycles. The van der Waals surface area contributed by atoms with Crippen LogP contribution in [0.5, 0.6) is 0 Å². The Morgan fingerprint density at radius 3 is 1.00 bits per heavy atom. The van der Waals surface area contributed by atoms with Crippen molar-refractivity contribution in [3.63, 3.8) is 0 Å². The Labute approximate surface area is 186 Å². The molecule has 0 rings (SSSR count). The smallest absolute Gasteiger partial charge is 0.0211 e. The van der Waals surface area contributed by atoms with Gasteiger partial charge in [-0.2, -0.15) is 0 Å². The molecule has 0 atom stereocenters. The molecule has 0 aliphatic heterocycles. The van der Waals surface area contributed by atoms with Crippen LogP contribution in [0.1, 0.15) is 169 Å². The lowest BCUT2D eigenvalue weighted by Gasteiger charge is -2.50. The number of unbranched alkanes of at least 4 members (excludes halogenated alkanes) is 12. The molecule has 1 heteroatoms. The molecule has 0 saturated carbocycles. The molecule has 0 aromatic carbocycles. The first kappa shape index (κ1) is 29.0. The van der Waals surface area contributed by atoms with Gasteiger partial charge in [0.15, 0.2) is 0 Å². The third-order valence-electron chi connectivity index (χ3n) is 7.70. The van der Waals surface area contributed by atoms with Gasteiger partial charge in [-0.05, 0) is 37.5 Å². The summed E-state index contributed by atoms with van der Waals surface area (Å²) in [6.45, 7) is 11.7. The van der Waals surface area contributed by atoms with Gasteiger partial charge < -0.3 is 5.73 Å². The highest BCUT2D eigenvalue weighted by atomic mass is 14.8. The van der Waals surface area contributed by atoms with Crippen molar-refractivity contribution in [2.24, 2.45) is 11.1 Å². The van der Waals surface area contributed by atoms with E-state index in [-0.39, 0.29) is 5.54 Å². The second-order valence-electron chi connectivity index (χ2n) is 10.0. The Morgan fingerprint density at radius 1 is 0.414 bits per heavy atom. The fourth-order valence-corrected chi connectivity index (χ4v) is 5.50. The average Bonchev–Trinajstić information content (AvgIpc) is 2.73. The van der Waals surface area contributed by atoms with Crippen LogP contribution in [0.25, 0.3) is 0 Å². The Kier molecular flexibility index (Phi) is 18.7. The lowest BCUT2D eigenvalue weighted by atomic mass is 9.59. The van der Waals surface area contributed by atoms with Crippen LogP contribution in [0.15, 0.2) is 0 Å². The first-order valence-electron chi connectivity index (χ1n) is 13.8. The molecule has 0 aliphatic rings. The standard InChI is InChI=1S/C28H59N/c1-6-11-15-19-23-27(10-5,24-20-16-12-7-2)28(29,25-21-17-13-8-3)26-22-18-14-9-4/h6-26,29H2,1-5H3. The van der Waals surface area contributed by atoms with Crippen molar-refractivity contribution in [2.75, 3.05) is 0 Å². The fraction of sp³-hybridized carbons (Fsp3) is 1.00. The summed E-state index contributed by atoms with van der Waals surface area (Å²) in [6.07, 6.45) is 28.3. The predicted octanol–water partition coefficient (Wildman–Crippen LogP) is 9.96. The largest absolute Gasteiger partial charge is 0.325 e. The van der Waals surface area contributed by atoms with Crippen LogP contribution in [-0.4, -0.2) is 5.54 Å². The molecule has 0 heterocycles. The van der Waals surface area contributed by atoms with Gasteiger partial charge in [-0.15, -0.1) is 0 Å². The van der Waals surface area contributed by atoms with Crippen molar-refractivity contribution in [1.82, 2.24) is 0 Å². The molecule has 0 saturated heterocycles. The summed E-state index contributed by atoms with van der Waals surface area (Å²) in [7, 11) is 0. The third-order valence-corrected chi connectivity index (χ3v) is 7.70. The quantitative estimate of drug-likeness (QED) is 0.177. The molecule has 0 spiro atoms. The molecular weight excluding hydrogens is 350 g/mol. The fourth-order valence-electron chi connectivity index (χ4n) is 5.50. The second kappa shape index (κ2) is 18.7. The summed E-state index contributed by atoms with van der Waals surface area (Å²) in [4.78, 5) is 0. The van der Waals surface area contributed by atoms with Crippen LogP contribution in [0, 0.1) is 5.41 Å². The maximum Gasteiger partial charge on any atom is 0.0211 e. The van der Waals surface area contributed by atoms with E-state index in [1.54, 1.807) is 0 Å². The zero-order chi connectivity index (χ0) is 21.8. The molecule has 0 amide bonds. The Balaban J connectivity index is 5.34. The topological polar surface area (TPSA) is 26.0 Å². The molecule has 0 aromatic rings. The van der Waals surface area contributed by atoms with E-state index in [2.05, 4.69) is 34.6 Å². The molecular formula is C28H59N. The third kappa shape index (κ3) is 11.8. The Morgan fingerprint density at radius 2 is 0.724 bits per heavy atom. The van der Waals surface area contributed by atoms with Crippen molar-refractivity contribution in [3.8, 4) is 0 Å². The van der Waals surface area contributed by atoms with E-state index in [1.165, 1.54) is 135 Å². The monoisotopic (exact) mass is 409 g/mol. The maximum atomic E-state index is 7.48. The Hall–Kier alpha value is -0.0400. The van der Waals surface area contributed by atoms with Gasteiger partial charge in [0, 0.05) is 5.54 Å². The van der Waals surface area contributed by atoms with Gasteiger partial charge in [-0.3, -0.25) is 0 Å². The van der Waals surface area contributed by atoms with Crippen molar-refractivity contribution >= 4 is 0 Å². The maximum absolute atomic E-state index is 7.48. The summed E-state index contributed by atoms with van der Waals surface area (Å²) >= 11 is 0. The van der Waals surface area contributed by atoms with Crippen molar-refractivity contribution in [2.45, 2.75) is 175 Å². The van der Waals surface area contributed by atoms with Gasteiger partial charge in [-0.1, -0.05) is 137 Å². The van der Waals surface area contributed by atoms with Gasteiger partial charge in [0.05, 0.1) is 0 Å². The van der Waals surface area contributed by atoms with Gasteiger partial charge >= 0.3 is 0 Å². The highest BCUT2D eigenvalue weighted by Gasteiger charge is 2.45. The van der Waals surface area contributed by atoms with Gasteiger partial charge in [-0.25, -0.2) is 0 Å². The Bertz CT molecular complexity index is 311. The summed E-state index contributed by atoms with van der Waals surface area (Å²) in [5.41, 5.74) is 7.91. The molecule has 176 valence electrons. The van der Waals surface area contributed by atoms with Crippen molar-refractivity contribution in [1.29, 1.82) is 0 Å². The number of hydrogen-bond donors (Lipinski definition) is 1. The van der Waals surface area contributed by atoms with E-state index < -0.39 is 0 Å². The first-order valence-corrected chi connectivity index (χ1v) is 13.8. The van der Waals surface area contributed by atoms with Crippen LogP contribution >= 0.6 is 0 Å². The SMILES string of the molecule is CCCCCCC(N)(CCCCCC)C(CC)(CCCCCC)CCCCCC. The lowest BCUT2D eigenvalue weighted by Crippen LogP contribution is -2.55.